The van der Waals surface area contributed by atoms with Gasteiger partial charge < -0.3 is 10.0 Å². The lowest BCUT2D eigenvalue weighted by molar-refractivity contribution is 0.139. The Bertz CT molecular complexity index is 425. The van der Waals surface area contributed by atoms with Crippen LogP contribution >= 0.6 is 23.2 Å². The van der Waals surface area contributed by atoms with Crippen LogP contribution in [0.2, 0.25) is 10.4 Å². The molecule has 0 atom stereocenters. The van der Waals surface area contributed by atoms with E-state index >= 15 is 0 Å². The molecular weight excluding hydrogens is 241 g/mol. The number of halogens is 2. The fraction of sp³-hybridized carbons (Fsp3) is 0.375. The monoisotopic (exact) mass is 247 g/mol. The molecule has 2 rings (SSSR count). The van der Waals surface area contributed by atoms with E-state index in [1.807, 2.05) is 0 Å². The van der Waals surface area contributed by atoms with E-state index in [1.54, 1.807) is 0 Å². The maximum Gasteiger partial charge on any atom is 0.407 e. The number of hydrogen-bond donors (Lipinski definition) is 1. The zero-order valence-electron chi connectivity index (χ0n) is 7.57. The van der Waals surface area contributed by atoms with Crippen LogP contribution in [0.4, 0.5) is 4.79 Å². The molecular formula is C8H7Cl2N3O2. The maximum atomic E-state index is 10.8. The van der Waals surface area contributed by atoms with E-state index in [4.69, 9.17) is 28.3 Å². The molecule has 1 N–H and O–H groups in total. The van der Waals surface area contributed by atoms with Crippen LogP contribution in [0, 0.1) is 0 Å². The molecule has 0 aliphatic carbocycles. The molecule has 1 aromatic rings. The van der Waals surface area contributed by atoms with Crippen molar-refractivity contribution >= 4 is 29.3 Å². The number of carbonyl (C=O) groups is 1. The average molecular weight is 248 g/mol. The summed E-state index contributed by atoms with van der Waals surface area (Å²) in [5.74, 6) is 0. The second-order valence-corrected chi connectivity index (χ2v) is 3.86. The van der Waals surface area contributed by atoms with Crippen molar-refractivity contribution in [3.8, 4) is 0 Å². The number of nitrogens with zero attached hydrogens (tertiary/aromatic N) is 3. The number of fused-ring (bicyclic) bond motifs is 1. The van der Waals surface area contributed by atoms with Crippen LogP contribution in [0.1, 0.15) is 11.3 Å². The first-order valence-corrected chi connectivity index (χ1v) is 5.02. The van der Waals surface area contributed by atoms with Gasteiger partial charge in [0.25, 0.3) is 0 Å². The number of amides is 1. The van der Waals surface area contributed by atoms with Crippen molar-refractivity contribution in [3.63, 3.8) is 0 Å². The lowest BCUT2D eigenvalue weighted by atomic mass is 10.1. The van der Waals surface area contributed by atoms with Gasteiger partial charge in [-0.3, -0.25) is 0 Å². The Morgan fingerprint density at radius 2 is 2.13 bits per heavy atom. The third-order valence-electron chi connectivity index (χ3n) is 2.25. The first-order chi connectivity index (χ1) is 7.08. The second kappa shape index (κ2) is 3.83. The van der Waals surface area contributed by atoms with E-state index in [1.165, 1.54) is 4.90 Å². The Morgan fingerprint density at radius 3 is 2.80 bits per heavy atom. The normalized spacial score (nSPS) is 14.9. The number of carboxylic acid groups (broad SMARTS) is 1. The minimum absolute atomic E-state index is 0.0996. The van der Waals surface area contributed by atoms with Gasteiger partial charge in [-0.05, 0) is 11.6 Å². The van der Waals surface area contributed by atoms with E-state index in [-0.39, 0.29) is 17.0 Å². The molecule has 0 fully saturated rings. The molecule has 1 amide bonds. The lowest BCUT2D eigenvalue weighted by Crippen LogP contribution is -2.35. The summed E-state index contributed by atoms with van der Waals surface area (Å²) in [6.45, 7) is 0.632. The highest BCUT2D eigenvalue weighted by atomic mass is 35.5. The molecule has 0 bridgehead atoms. The van der Waals surface area contributed by atoms with Gasteiger partial charge in [0.2, 0.25) is 5.28 Å². The summed E-state index contributed by atoms with van der Waals surface area (Å²) < 4.78 is 0. The summed E-state index contributed by atoms with van der Waals surface area (Å²) in [6, 6.07) is 0. The SMILES string of the molecule is O=C(O)N1CCc2nc(Cl)nc(Cl)c2C1. The largest absolute Gasteiger partial charge is 0.465 e. The Balaban J connectivity index is 2.37. The van der Waals surface area contributed by atoms with E-state index < -0.39 is 6.09 Å². The molecule has 5 nitrogen and oxygen atoms in total. The molecule has 0 aromatic carbocycles. The van der Waals surface area contributed by atoms with E-state index in [9.17, 15) is 4.79 Å². The molecule has 7 heteroatoms. The highest BCUT2D eigenvalue weighted by Gasteiger charge is 2.24. The van der Waals surface area contributed by atoms with Crippen LogP contribution in [0.3, 0.4) is 0 Å². The van der Waals surface area contributed by atoms with E-state index in [0.29, 0.717) is 18.5 Å². The van der Waals surface area contributed by atoms with Crippen molar-refractivity contribution in [3.05, 3.63) is 21.7 Å². The number of hydrogen-bond acceptors (Lipinski definition) is 3. The first kappa shape index (κ1) is 10.4. The Kier molecular flexibility index (Phi) is 2.67. The van der Waals surface area contributed by atoms with Crippen molar-refractivity contribution in [2.24, 2.45) is 0 Å². The standard InChI is InChI=1S/C8H7Cl2N3O2/c9-6-4-3-13(8(14)15)2-1-5(4)11-7(10)12-6/h1-3H2,(H,14,15). The van der Waals surface area contributed by atoms with Crippen LogP contribution in [-0.4, -0.2) is 32.6 Å². The fourth-order valence-electron chi connectivity index (χ4n) is 1.51. The van der Waals surface area contributed by atoms with Crippen molar-refractivity contribution in [2.45, 2.75) is 13.0 Å². The fourth-order valence-corrected chi connectivity index (χ4v) is 1.99. The van der Waals surface area contributed by atoms with Gasteiger partial charge in [0, 0.05) is 18.5 Å². The van der Waals surface area contributed by atoms with Gasteiger partial charge in [-0.15, -0.1) is 0 Å². The van der Waals surface area contributed by atoms with Gasteiger partial charge in [0.1, 0.15) is 5.15 Å². The summed E-state index contributed by atoms with van der Waals surface area (Å²) in [4.78, 5) is 19.8. The number of aromatic nitrogens is 2. The van der Waals surface area contributed by atoms with Crippen molar-refractivity contribution < 1.29 is 9.90 Å². The maximum absolute atomic E-state index is 10.8. The molecule has 0 unspecified atom stereocenters. The van der Waals surface area contributed by atoms with Crippen molar-refractivity contribution in [2.75, 3.05) is 6.54 Å². The highest BCUT2D eigenvalue weighted by molar-refractivity contribution is 6.32. The minimum atomic E-state index is -0.966. The summed E-state index contributed by atoms with van der Waals surface area (Å²) in [5.41, 5.74) is 1.38. The predicted molar refractivity (Wildman–Crippen MR) is 54.2 cm³/mol. The lowest BCUT2D eigenvalue weighted by Gasteiger charge is -2.25. The number of rotatable bonds is 0. The summed E-state index contributed by atoms with van der Waals surface area (Å²) in [5, 5.41) is 9.16. The van der Waals surface area contributed by atoms with Crippen LogP contribution in [0.15, 0.2) is 0 Å². The van der Waals surface area contributed by atoms with Crippen LogP contribution in [0.5, 0.6) is 0 Å². The van der Waals surface area contributed by atoms with Crippen molar-refractivity contribution in [1.29, 1.82) is 0 Å². The molecule has 0 saturated carbocycles. The van der Waals surface area contributed by atoms with E-state index in [0.717, 1.165) is 5.69 Å². The Morgan fingerprint density at radius 1 is 1.40 bits per heavy atom. The molecule has 80 valence electrons. The van der Waals surface area contributed by atoms with E-state index in [2.05, 4.69) is 9.97 Å². The van der Waals surface area contributed by atoms with Crippen LogP contribution in [0.25, 0.3) is 0 Å². The molecule has 2 heterocycles. The molecule has 1 aromatic heterocycles. The zero-order valence-corrected chi connectivity index (χ0v) is 9.09. The third-order valence-corrected chi connectivity index (χ3v) is 2.73. The van der Waals surface area contributed by atoms with Crippen LogP contribution in [-0.2, 0) is 13.0 Å². The molecule has 15 heavy (non-hydrogen) atoms. The quantitative estimate of drug-likeness (QED) is 0.561. The van der Waals surface area contributed by atoms with Crippen LogP contribution < -0.4 is 0 Å². The summed E-state index contributed by atoms with van der Waals surface area (Å²) in [7, 11) is 0. The minimum Gasteiger partial charge on any atom is -0.465 e. The molecule has 1 aliphatic rings. The first-order valence-electron chi connectivity index (χ1n) is 4.26. The Labute approximate surface area is 95.6 Å². The third kappa shape index (κ3) is 1.98. The van der Waals surface area contributed by atoms with Gasteiger partial charge in [-0.1, -0.05) is 11.6 Å². The summed E-state index contributed by atoms with van der Waals surface area (Å²) >= 11 is 11.5. The van der Waals surface area contributed by atoms with Crippen molar-refractivity contribution in [1.82, 2.24) is 14.9 Å². The predicted octanol–water partition coefficient (Wildman–Crippen LogP) is 1.82. The molecule has 1 aliphatic heterocycles. The smallest absolute Gasteiger partial charge is 0.407 e. The van der Waals surface area contributed by atoms with Gasteiger partial charge in [0.05, 0.1) is 12.2 Å². The second-order valence-electron chi connectivity index (χ2n) is 3.16. The van der Waals surface area contributed by atoms with Gasteiger partial charge in [-0.25, -0.2) is 14.8 Å². The Hall–Kier alpha value is -1.07. The van der Waals surface area contributed by atoms with Gasteiger partial charge >= 0.3 is 6.09 Å². The average Bonchev–Trinajstić information content (AvgIpc) is 2.16. The van der Waals surface area contributed by atoms with Gasteiger partial charge in [-0.2, -0.15) is 0 Å². The topological polar surface area (TPSA) is 66.3 Å². The highest BCUT2D eigenvalue weighted by Crippen LogP contribution is 2.24. The summed E-state index contributed by atoms with van der Waals surface area (Å²) in [6.07, 6.45) is -0.449. The molecule has 0 radical (unpaired) electrons. The van der Waals surface area contributed by atoms with Gasteiger partial charge in [0.15, 0.2) is 0 Å². The zero-order chi connectivity index (χ0) is 11.0. The molecule has 0 spiro atoms. The molecule has 0 saturated heterocycles.